The van der Waals surface area contributed by atoms with Gasteiger partial charge in [-0.3, -0.25) is 4.79 Å². The van der Waals surface area contributed by atoms with Crippen molar-refractivity contribution in [3.8, 4) is 11.5 Å². The molecular weight excluding hydrogens is 296 g/mol. The monoisotopic (exact) mass is 312 g/mol. The van der Waals surface area contributed by atoms with Crippen molar-refractivity contribution < 1.29 is 24.2 Å². The first-order chi connectivity index (χ1) is 11.1. The molecular formula is C18H16O5. The van der Waals surface area contributed by atoms with Crippen LogP contribution in [0.4, 0.5) is 0 Å². The first kappa shape index (κ1) is 15.1. The molecule has 1 heterocycles. The molecule has 1 aliphatic rings. The molecule has 1 atom stereocenters. The highest BCUT2D eigenvalue weighted by molar-refractivity contribution is 5.88. The van der Waals surface area contributed by atoms with Crippen molar-refractivity contribution in [2.75, 3.05) is 7.11 Å². The number of para-hydroxylation sites is 1. The maximum absolute atomic E-state index is 11.7. The van der Waals surface area contributed by atoms with Gasteiger partial charge in [0.2, 0.25) is 0 Å². The van der Waals surface area contributed by atoms with Crippen LogP contribution in [-0.4, -0.2) is 24.2 Å². The third-order valence-electron chi connectivity index (χ3n) is 4.00. The number of benzene rings is 2. The number of fused-ring (bicyclic) bond motifs is 2. The maximum atomic E-state index is 11.7. The Balaban J connectivity index is 2.05. The molecule has 0 amide bonds. The number of esters is 1. The topological polar surface area (TPSA) is 72.8 Å². The molecule has 5 heteroatoms. The summed E-state index contributed by atoms with van der Waals surface area (Å²) in [4.78, 5) is 22.9. The third kappa shape index (κ3) is 3.04. The van der Waals surface area contributed by atoms with Crippen molar-refractivity contribution in [3.63, 3.8) is 0 Å². The van der Waals surface area contributed by atoms with E-state index in [-0.39, 0.29) is 23.9 Å². The predicted octanol–water partition coefficient (Wildman–Crippen LogP) is 3.38. The van der Waals surface area contributed by atoms with Crippen LogP contribution in [-0.2, 0) is 16.0 Å². The average molecular weight is 312 g/mol. The molecule has 5 nitrogen and oxygen atoms in total. The Hall–Kier alpha value is -2.82. The minimum Gasteiger partial charge on any atom is -0.478 e. The standard InChI is InChI=1S/C18H16O5/c1-22-17(19)10-13-8-11-6-7-12(18(20)21)9-16(11)23-15-5-3-2-4-14(13)15/h2-7,9,13H,8,10H2,1H3,(H,20,21). The summed E-state index contributed by atoms with van der Waals surface area (Å²) in [5.41, 5.74) is 1.97. The summed E-state index contributed by atoms with van der Waals surface area (Å²) in [6.45, 7) is 0. The molecule has 3 rings (SSSR count). The molecule has 2 aromatic carbocycles. The van der Waals surface area contributed by atoms with E-state index < -0.39 is 5.97 Å². The first-order valence-electron chi connectivity index (χ1n) is 7.28. The summed E-state index contributed by atoms with van der Waals surface area (Å²) < 4.78 is 10.7. The van der Waals surface area contributed by atoms with Crippen molar-refractivity contribution in [2.24, 2.45) is 0 Å². The van der Waals surface area contributed by atoms with Crippen LogP contribution in [0.15, 0.2) is 42.5 Å². The van der Waals surface area contributed by atoms with Crippen molar-refractivity contribution in [3.05, 3.63) is 59.2 Å². The molecule has 23 heavy (non-hydrogen) atoms. The largest absolute Gasteiger partial charge is 0.478 e. The summed E-state index contributed by atoms with van der Waals surface area (Å²) in [7, 11) is 1.37. The summed E-state index contributed by atoms with van der Waals surface area (Å²) in [5, 5.41) is 9.14. The van der Waals surface area contributed by atoms with E-state index in [0.29, 0.717) is 17.9 Å². The Morgan fingerprint density at radius 1 is 1.22 bits per heavy atom. The van der Waals surface area contributed by atoms with Gasteiger partial charge in [0, 0.05) is 5.92 Å². The molecule has 0 bridgehead atoms. The van der Waals surface area contributed by atoms with E-state index in [1.807, 2.05) is 24.3 Å². The number of carboxylic acid groups (broad SMARTS) is 1. The van der Waals surface area contributed by atoms with Gasteiger partial charge < -0.3 is 14.6 Å². The van der Waals surface area contributed by atoms with Gasteiger partial charge in [-0.15, -0.1) is 0 Å². The number of aromatic carboxylic acids is 1. The van der Waals surface area contributed by atoms with Crippen LogP contribution < -0.4 is 4.74 Å². The maximum Gasteiger partial charge on any atom is 0.335 e. The number of carbonyl (C=O) groups excluding carboxylic acids is 1. The Morgan fingerprint density at radius 2 is 2.00 bits per heavy atom. The van der Waals surface area contributed by atoms with Gasteiger partial charge in [0.1, 0.15) is 11.5 Å². The molecule has 0 saturated carbocycles. The smallest absolute Gasteiger partial charge is 0.335 e. The summed E-state index contributed by atoms with van der Waals surface area (Å²) in [6.07, 6.45) is 0.832. The second-order valence-corrected chi connectivity index (χ2v) is 5.45. The van der Waals surface area contributed by atoms with Gasteiger partial charge >= 0.3 is 11.9 Å². The zero-order valence-electron chi connectivity index (χ0n) is 12.6. The Labute approximate surface area is 133 Å². The lowest BCUT2D eigenvalue weighted by Gasteiger charge is -2.15. The molecule has 0 aromatic heterocycles. The van der Waals surface area contributed by atoms with E-state index in [1.54, 1.807) is 12.1 Å². The lowest BCUT2D eigenvalue weighted by atomic mass is 9.89. The second-order valence-electron chi connectivity index (χ2n) is 5.45. The van der Waals surface area contributed by atoms with Crippen molar-refractivity contribution >= 4 is 11.9 Å². The minimum absolute atomic E-state index is 0.0735. The second kappa shape index (κ2) is 6.12. The van der Waals surface area contributed by atoms with Crippen LogP contribution in [0.2, 0.25) is 0 Å². The Morgan fingerprint density at radius 3 is 2.74 bits per heavy atom. The number of carboxylic acids is 1. The number of carbonyl (C=O) groups is 2. The zero-order valence-corrected chi connectivity index (χ0v) is 12.6. The lowest BCUT2D eigenvalue weighted by Crippen LogP contribution is -2.10. The van der Waals surface area contributed by atoms with E-state index in [2.05, 4.69) is 0 Å². The number of hydrogen-bond donors (Lipinski definition) is 1. The quantitative estimate of drug-likeness (QED) is 0.880. The number of hydrogen-bond acceptors (Lipinski definition) is 4. The van der Waals surface area contributed by atoms with Gasteiger partial charge in [-0.2, -0.15) is 0 Å². The van der Waals surface area contributed by atoms with Crippen LogP contribution >= 0.6 is 0 Å². The van der Waals surface area contributed by atoms with Gasteiger partial charge in [0.05, 0.1) is 19.1 Å². The summed E-state index contributed by atoms with van der Waals surface area (Å²) >= 11 is 0. The van der Waals surface area contributed by atoms with E-state index in [1.165, 1.54) is 13.2 Å². The van der Waals surface area contributed by atoms with Gasteiger partial charge in [-0.25, -0.2) is 4.79 Å². The highest BCUT2D eigenvalue weighted by atomic mass is 16.5. The van der Waals surface area contributed by atoms with Crippen LogP contribution in [0.25, 0.3) is 0 Å². The fraction of sp³-hybridized carbons (Fsp3) is 0.222. The van der Waals surface area contributed by atoms with Crippen LogP contribution in [0.1, 0.15) is 33.8 Å². The molecule has 0 radical (unpaired) electrons. The van der Waals surface area contributed by atoms with Crippen molar-refractivity contribution in [1.82, 2.24) is 0 Å². The van der Waals surface area contributed by atoms with Gasteiger partial charge in [-0.05, 0) is 35.7 Å². The minimum atomic E-state index is -1.000. The van der Waals surface area contributed by atoms with E-state index in [4.69, 9.17) is 14.6 Å². The zero-order chi connectivity index (χ0) is 16.4. The Bertz CT molecular complexity index is 766. The molecule has 0 spiro atoms. The highest BCUT2D eigenvalue weighted by Crippen LogP contribution is 2.41. The molecule has 0 fully saturated rings. The number of ether oxygens (including phenoxy) is 2. The molecule has 1 aliphatic heterocycles. The van der Waals surface area contributed by atoms with Crippen molar-refractivity contribution in [2.45, 2.75) is 18.8 Å². The third-order valence-corrected chi connectivity index (χ3v) is 4.00. The summed E-state index contributed by atoms with van der Waals surface area (Å²) in [5.74, 6) is -0.196. The first-order valence-corrected chi connectivity index (χ1v) is 7.28. The number of methoxy groups -OCH3 is 1. The van der Waals surface area contributed by atoms with Gasteiger partial charge in [0.25, 0.3) is 0 Å². The predicted molar refractivity (Wildman–Crippen MR) is 83.0 cm³/mol. The van der Waals surface area contributed by atoms with E-state index >= 15 is 0 Å². The van der Waals surface area contributed by atoms with E-state index in [9.17, 15) is 9.59 Å². The summed E-state index contributed by atoms with van der Waals surface area (Å²) in [6, 6.07) is 12.3. The van der Waals surface area contributed by atoms with Gasteiger partial charge in [-0.1, -0.05) is 24.3 Å². The number of rotatable bonds is 3. The van der Waals surface area contributed by atoms with Crippen molar-refractivity contribution in [1.29, 1.82) is 0 Å². The van der Waals surface area contributed by atoms with E-state index in [0.717, 1.165) is 11.1 Å². The average Bonchev–Trinajstić information content (AvgIpc) is 2.70. The molecule has 1 unspecified atom stereocenters. The van der Waals surface area contributed by atoms with Crippen LogP contribution in [0.3, 0.4) is 0 Å². The Kier molecular flexibility index (Phi) is 4.02. The molecule has 1 N–H and O–H groups in total. The SMILES string of the molecule is COC(=O)CC1Cc2ccc(C(=O)O)cc2Oc2ccccc21. The fourth-order valence-corrected chi connectivity index (χ4v) is 2.82. The normalized spacial score (nSPS) is 15.6. The lowest BCUT2D eigenvalue weighted by molar-refractivity contribution is -0.141. The van der Waals surface area contributed by atoms with Gasteiger partial charge in [0.15, 0.2) is 0 Å². The molecule has 2 aromatic rings. The molecule has 0 aliphatic carbocycles. The van der Waals surface area contributed by atoms with Crippen LogP contribution in [0.5, 0.6) is 11.5 Å². The highest BCUT2D eigenvalue weighted by Gasteiger charge is 2.26. The fourth-order valence-electron chi connectivity index (χ4n) is 2.82. The van der Waals surface area contributed by atoms with Crippen LogP contribution in [0, 0.1) is 0 Å². The molecule has 0 saturated heterocycles. The molecule has 118 valence electrons.